The molecule has 0 bridgehead atoms. The van der Waals surface area contributed by atoms with Gasteiger partial charge in [0.1, 0.15) is 5.54 Å². The van der Waals surface area contributed by atoms with E-state index in [2.05, 4.69) is 11.4 Å². The Kier molecular flexibility index (Phi) is 3.91. The monoisotopic (exact) mass is 313 g/mol. The van der Waals surface area contributed by atoms with Crippen molar-refractivity contribution < 1.29 is 4.79 Å². The summed E-state index contributed by atoms with van der Waals surface area (Å²) in [6.45, 7) is 0.645. The summed E-state index contributed by atoms with van der Waals surface area (Å²) in [5.74, 6) is -0.0983. The summed E-state index contributed by atoms with van der Waals surface area (Å²) in [6.07, 6.45) is 7.73. The summed E-state index contributed by atoms with van der Waals surface area (Å²) >= 11 is 6.06. The SMILES string of the molecule is N#CC1(N2C=CC(NC(=O)Cc3ccccc3Cl)=CC2)CC1. The first-order chi connectivity index (χ1) is 10.6. The van der Waals surface area contributed by atoms with Crippen LogP contribution in [-0.2, 0) is 11.2 Å². The number of nitrogens with zero attached hydrogens (tertiary/aromatic N) is 2. The molecule has 1 heterocycles. The molecular weight excluding hydrogens is 298 g/mol. The molecule has 4 nitrogen and oxygen atoms in total. The van der Waals surface area contributed by atoms with Gasteiger partial charge in [-0.1, -0.05) is 29.8 Å². The van der Waals surface area contributed by atoms with E-state index in [1.165, 1.54) is 0 Å². The number of halogens is 1. The smallest absolute Gasteiger partial charge is 0.228 e. The lowest BCUT2D eigenvalue weighted by Gasteiger charge is -2.27. The third-order valence-corrected chi connectivity index (χ3v) is 4.38. The Hall–Kier alpha value is -2.25. The number of nitrogens with one attached hydrogen (secondary N) is 1. The second-order valence-electron chi connectivity index (χ2n) is 5.59. The highest BCUT2D eigenvalue weighted by molar-refractivity contribution is 6.31. The maximum Gasteiger partial charge on any atom is 0.228 e. The minimum Gasteiger partial charge on any atom is -0.356 e. The van der Waals surface area contributed by atoms with Gasteiger partial charge in [0, 0.05) is 23.5 Å². The fourth-order valence-corrected chi connectivity index (χ4v) is 2.71. The van der Waals surface area contributed by atoms with Gasteiger partial charge in [0.2, 0.25) is 5.91 Å². The summed E-state index contributed by atoms with van der Waals surface area (Å²) in [4.78, 5) is 14.1. The Bertz CT molecular complexity index is 698. The normalized spacial score (nSPS) is 18.4. The molecule has 1 aromatic carbocycles. The minimum absolute atomic E-state index is 0.0983. The molecule has 22 heavy (non-hydrogen) atoms. The maximum absolute atomic E-state index is 12.1. The lowest BCUT2D eigenvalue weighted by Crippen LogP contribution is -2.35. The van der Waals surface area contributed by atoms with E-state index in [0.717, 1.165) is 24.1 Å². The Morgan fingerprint density at radius 1 is 1.41 bits per heavy atom. The van der Waals surface area contributed by atoms with Crippen LogP contribution in [0.15, 0.2) is 48.3 Å². The molecular formula is C17H16ClN3O. The number of nitriles is 1. The van der Waals surface area contributed by atoms with Gasteiger partial charge in [-0.15, -0.1) is 0 Å². The maximum atomic E-state index is 12.1. The third-order valence-electron chi connectivity index (χ3n) is 4.02. The van der Waals surface area contributed by atoms with Crippen LogP contribution in [0.1, 0.15) is 18.4 Å². The Balaban J connectivity index is 1.57. The van der Waals surface area contributed by atoms with Gasteiger partial charge >= 0.3 is 0 Å². The molecule has 1 saturated carbocycles. The lowest BCUT2D eigenvalue weighted by molar-refractivity contribution is -0.119. The zero-order valence-corrected chi connectivity index (χ0v) is 12.8. The molecule has 0 radical (unpaired) electrons. The fourth-order valence-electron chi connectivity index (χ4n) is 2.51. The second kappa shape index (κ2) is 5.86. The zero-order chi connectivity index (χ0) is 15.6. The topological polar surface area (TPSA) is 56.1 Å². The van der Waals surface area contributed by atoms with Gasteiger partial charge in [-0.25, -0.2) is 0 Å². The van der Waals surface area contributed by atoms with Gasteiger partial charge < -0.3 is 10.2 Å². The summed E-state index contributed by atoms with van der Waals surface area (Å²) in [7, 11) is 0. The summed E-state index contributed by atoms with van der Waals surface area (Å²) in [5, 5.41) is 12.7. The van der Waals surface area contributed by atoms with Crippen LogP contribution < -0.4 is 5.32 Å². The zero-order valence-electron chi connectivity index (χ0n) is 12.1. The van der Waals surface area contributed by atoms with Crippen molar-refractivity contribution in [2.45, 2.75) is 24.8 Å². The number of benzene rings is 1. The van der Waals surface area contributed by atoms with Gasteiger partial charge in [-0.3, -0.25) is 4.79 Å². The van der Waals surface area contributed by atoms with Crippen molar-refractivity contribution in [3.05, 3.63) is 58.9 Å². The highest BCUT2D eigenvalue weighted by atomic mass is 35.5. The van der Waals surface area contributed by atoms with E-state index in [1.807, 2.05) is 41.5 Å². The van der Waals surface area contributed by atoms with E-state index in [4.69, 9.17) is 11.6 Å². The molecule has 1 aliphatic heterocycles. The molecule has 0 saturated heterocycles. The predicted octanol–water partition coefficient (Wildman–Crippen LogP) is 2.77. The largest absolute Gasteiger partial charge is 0.356 e. The molecule has 112 valence electrons. The van der Waals surface area contributed by atoms with Crippen molar-refractivity contribution in [1.29, 1.82) is 5.26 Å². The van der Waals surface area contributed by atoms with E-state index in [9.17, 15) is 10.1 Å². The highest BCUT2D eigenvalue weighted by Crippen LogP contribution is 2.41. The number of amides is 1. The molecule has 1 amide bonds. The highest BCUT2D eigenvalue weighted by Gasteiger charge is 2.47. The van der Waals surface area contributed by atoms with Crippen LogP contribution in [0.2, 0.25) is 5.02 Å². The van der Waals surface area contributed by atoms with Crippen LogP contribution in [0.25, 0.3) is 0 Å². The first-order valence-corrected chi connectivity index (χ1v) is 7.60. The average Bonchev–Trinajstić information content (AvgIpc) is 3.31. The number of carbonyl (C=O) groups excluding carboxylic acids is 1. The molecule has 1 aromatic rings. The van der Waals surface area contributed by atoms with Crippen LogP contribution in [0, 0.1) is 11.3 Å². The molecule has 5 heteroatoms. The molecule has 1 aliphatic carbocycles. The van der Waals surface area contributed by atoms with Crippen molar-refractivity contribution in [3.8, 4) is 6.07 Å². The first-order valence-electron chi connectivity index (χ1n) is 7.23. The molecule has 1 N–H and O–H groups in total. The standard InChI is InChI=1S/C17H16ClN3O/c18-15-4-2-1-3-13(15)11-16(22)20-14-5-9-21(10-6-14)17(12-19)7-8-17/h1-6,9H,7-8,10-11H2,(H,20,22). The van der Waals surface area contributed by atoms with E-state index in [1.54, 1.807) is 6.07 Å². The Labute approximate surface area is 134 Å². The van der Waals surface area contributed by atoms with Crippen molar-refractivity contribution in [2.75, 3.05) is 6.54 Å². The van der Waals surface area contributed by atoms with Gasteiger partial charge in [-0.2, -0.15) is 5.26 Å². The van der Waals surface area contributed by atoms with Gasteiger partial charge in [-0.05, 0) is 36.6 Å². The molecule has 3 rings (SSSR count). The third kappa shape index (κ3) is 3.00. The van der Waals surface area contributed by atoms with Crippen molar-refractivity contribution in [2.24, 2.45) is 0 Å². The van der Waals surface area contributed by atoms with E-state index >= 15 is 0 Å². The molecule has 0 unspecified atom stereocenters. The van der Waals surface area contributed by atoms with Gasteiger partial charge in [0.05, 0.1) is 12.5 Å². The predicted molar refractivity (Wildman–Crippen MR) is 84.8 cm³/mol. The van der Waals surface area contributed by atoms with Crippen LogP contribution in [0.4, 0.5) is 0 Å². The van der Waals surface area contributed by atoms with E-state index in [0.29, 0.717) is 11.6 Å². The van der Waals surface area contributed by atoms with Crippen LogP contribution in [0.3, 0.4) is 0 Å². The Morgan fingerprint density at radius 2 is 2.18 bits per heavy atom. The minimum atomic E-state index is -0.319. The van der Waals surface area contributed by atoms with Crippen molar-refractivity contribution in [1.82, 2.24) is 10.2 Å². The lowest BCUT2D eigenvalue weighted by atomic mass is 10.1. The van der Waals surface area contributed by atoms with Crippen molar-refractivity contribution >= 4 is 17.5 Å². The summed E-state index contributed by atoms with van der Waals surface area (Å²) in [5.41, 5.74) is 1.26. The number of allylic oxidation sites excluding steroid dienone is 1. The van der Waals surface area contributed by atoms with Crippen LogP contribution >= 0.6 is 11.6 Å². The number of hydrogen-bond acceptors (Lipinski definition) is 3. The molecule has 0 spiro atoms. The molecule has 0 aromatic heterocycles. The Morgan fingerprint density at radius 3 is 2.77 bits per heavy atom. The van der Waals surface area contributed by atoms with Gasteiger partial charge in [0.25, 0.3) is 0 Å². The van der Waals surface area contributed by atoms with E-state index in [-0.39, 0.29) is 17.9 Å². The van der Waals surface area contributed by atoms with Gasteiger partial charge in [0.15, 0.2) is 0 Å². The second-order valence-corrected chi connectivity index (χ2v) is 5.99. The summed E-state index contributed by atoms with van der Waals surface area (Å²) in [6, 6.07) is 9.69. The van der Waals surface area contributed by atoms with E-state index < -0.39 is 0 Å². The molecule has 2 aliphatic rings. The number of hydrogen-bond donors (Lipinski definition) is 1. The number of carbonyl (C=O) groups is 1. The molecule has 0 atom stereocenters. The first kappa shape index (κ1) is 14.7. The molecule has 1 fully saturated rings. The summed E-state index contributed by atoms with van der Waals surface area (Å²) < 4.78 is 0. The fraction of sp³-hybridized carbons (Fsp3) is 0.294. The van der Waals surface area contributed by atoms with Crippen molar-refractivity contribution in [3.63, 3.8) is 0 Å². The quantitative estimate of drug-likeness (QED) is 0.930. The average molecular weight is 314 g/mol. The van der Waals surface area contributed by atoms with Crippen LogP contribution in [-0.4, -0.2) is 22.9 Å². The van der Waals surface area contributed by atoms with Crippen LogP contribution in [0.5, 0.6) is 0 Å². The number of rotatable bonds is 4.